The van der Waals surface area contributed by atoms with E-state index in [2.05, 4.69) is 41.3 Å². The van der Waals surface area contributed by atoms with Crippen molar-refractivity contribution in [3.8, 4) is 11.4 Å². The molecule has 0 aliphatic rings. The first-order chi connectivity index (χ1) is 11.5. The summed E-state index contributed by atoms with van der Waals surface area (Å²) in [7, 11) is 0. The van der Waals surface area contributed by atoms with E-state index in [-0.39, 0.29) is 0 Å². The minimum absolute atomic E-state index is 0.431. The summed E-state index contributed by atoms with van der Waals surface area (Å²) in [6.45, 7) is 4.34. The molecule has 1 heterocycles. The van der Waals surface area contributed by atoms with Crippen molar-refractivity contribution in [1.29, 1.82) is 0 Å². The van der Waals surface area contributed by atoms with Crippen molar-refractivity contribution in [2.75, 3.05) is 0 Å². The molecule has 24 heavy (non-hydrogen) atoms. The van der Waals surface area contributed by atoms with Gasteiger partial charge in [-0.15, -0.1) is 0 Å². The lowest BCUT2D eigenvalue weighted by atomic mass is 10.0. The SMILES string of the molecule is CC(C)c1ccc(/C=N/n2c(-c3cccc(Cl)c3)n[nH]c2=S)cc1. The Labute approximate surface area is 150 Å². The highest BCUT2D eigenvalue weighted by Crippen LogP contribution is 2.21. The van der Waals surface area contributed by atoms with E-state index in [1.54, 1.807) is 10.9 Å². The number of hydrogen-bond acceptors (Lipinski definition) is 3. The molecule has 0 bridgehead atoms. The van der Waals surface area contributed by atoms with E-state index < -0.39 is 0 Å². The molecule has 122 valence electrons. The van der Waals surface area contributed by atoms with E-state index in [1.807, 2.05) is 36.4 Å². The van der Waals surface area contributed by atoms with Crippen LogP contribution in [0.15, 0.2) is 53.6 Å². The molecular formula is C18H17ClN4S. The van der Waals surface area contributed by atoms with Crippen LogP contribution in [0.3, 0.4) is 0 Å². The van der Waals surface area contributed by atoms with Gasteiger partial charge in [0.05, 0.1) is 6.21 Å². The predicted molar refractivity (Wildman–Crippen MR) is 101 cm³/mol. The van der Waals surface area contributed by atoms with Gasteiger partial charge in [0.1, 0.15) is 0 Å². The largest absolute Gasteiger partial charge is 0.250 e. The Balaban J connectivity index is 1.93. The number of nitrogens with zero attached hydrogens (tertiary/aromatic N) is 3. The average molecular weight is 357 g/mol. The van der Waals surface area contributed by atoms with Crippen molar-refractivity contribution < 1.29 is 0 Å². The second kappa shape index (κ2) is 7.11. The minimum atomic E-state index is 0.431. The van der Waals surface area contributed by atoms with E-state index in [1.165, 1.54) is 5.56 Å². The van der Waals surface area contributed by atoms with Crippen molar-refractivity contribution in [3.63, 3.8) is 0 Å². The van der Waals surface area contributed by atoms with Gasteiger partial charge in [0.15, 0.2) is 5.82 Å². The molecule has 3 aromatic rings. The lowest BCUT2D eigenvalue weighted by Gasteiger charge is -2.05. The van der Waals surface area contributed by atoms with Gasteiger partial charge < -0.3 is 0 Å². The number of aromatic nitrogens is 3. The normalized spacial score (nSPS) is 11.5. The third-order valence-corrected chi connectivity index (χ3v) is 4.16. The van der Waals surface area contributed by atoms with E-state index in [4.69, 9.17) is 23.8 Å². The Morgan fingerprint density at radius 2 is 1.96 bits per heavy atom. The quantitative estimate of drug-likeness (QED) is 0.511. The van der Waals surface area contributed by atoms with Crippen LogP contribution in [0.1, 0.15) is 30.9 Å². The number of hydrogen-bond donors (Lipinski definition) is 1. The van der Waals surface area contributed by atoms with Gasteiger partial charge in [-0.05, 0) is 41.4 Å². The van der Waals surface area contributed by atoms with Gasteiger partial charge in [-0.2, -0.15) is 14.9 Å². The summed E-state index contributed by atoms with van der Waals surface area (Å²) in [5, 5.41) is 12.1. The van der Waals surface area contributed by atoms with Crippen molar-refractivity contribution in [3.05, 3.63) is 69.5 Å². The van der Waals surface area contributed by atoms with Crippen LogP contribution in [-0.2, 0) is 0 Å². The van der Waals surface area contributed by atoms with Crippen LogP contribution in [0, 0.1) is 4.77 Å². The monoisotopic (exact) mass is 356 g/mol. The number of rotatable bonds is 4. The third kappa shape index (κ3) is 3.63. The van der Waals surface area contributed by atoms with Gasteiger partial charge in [0, 0.05) is 10.6 Å². The van der Waals surface area contributed by atoms with Crippen LogP contribution >= 0.6 is 23.8 Å². The zero-order valence-electron chi connectivity index (χ0n) is 13.4. The zero-order chi connectivity index (χ0) is 17.1. The highest BCUT2D eigenvalue weighted by atomic mass is 35.5. The van der Waals surface area contributed by atoms with Crippen LogP contribution in [0.2, 0.25) is 5.02 Å². The van der Waals surface area contributed by atoms with Crippen molar-refractivity contribution in [1.82, 2.24) is 14.9 Å². The molecule has 4 nitrogen and oxygen atoms in total. The Hall–Kier alpha value is -2.24. The fraction of sp³-hybridized carbons (Fsp3) is 0.167. The summed E-state index contributed by atoms with van der Waals surface area (Å²) in [5.41, 5.74) is 3.15. The van der Waals surface area contributed by atoms with E-state index in [0.29, 0.717) is 21.5 Å². The second-order valence-corrected chi connectivity index (χ2v) is 6.56. The Morgan fingerprint density at radius 1 is 1.21 bits per heavy atom. The molecule has 1 N–H and O–H groups in total. The standard InChI is InChI=1S/C18H17ClN4S/c1-12(2)14-8-6-13(7-9-14)11-20-23-17(21-22-18(23)24)15-4-3-5-16(19)10-15/h3-12H,1-2H3,(H,22,24)/b20-11+. The first kappa shape index (κ1) is 16.6. The maximum Gasteiger partial charge on any atom is 0.216 e. The summed E-state index contributed by atoms with van der Waals surface area (Å²) in [6.07, 6.45) is 1.77. The first-order valence-corrected chi connectivity index (χ1v) is 8.41. The number of nitrogens with one attached hydrogen (secondary N) is 1. The van der Waals surface area contributed by atoms with Gasteiger partial charge in [-0.3, -0.25) is 0 Å². The lowest BCUT2D eigenvalue weighted by molar-refractivity contribution is 0.865. The maximum absolute atomic E-state index is 6.06. The Kier molecular flexibility index (Phi) is 4.92. The van der Waals surface area contributed by atoms with Crippen molar-refractivity contribution in [2.24, 2.45) is 5.10 Å². The molecule has 0 radical (unpaired) electrons. The molecule has 3 rings (SSSR count). The highest BCUT2D eigenvalue weighted by molar-refractivity contribution is 7.71. The summed E-state index contributed by atoms with van der Waals surface area (Å²) in [6, 6.07) is 15.7. The fourth-order valence-electron chi connectivity index (χ4n) is 2.30. The maximum atomic E-state index is 6.06. The van der Waals surface area contributed by atoms with E-state index in [9.17, 15) is 0 Å². The summed E-state index contributed by atoms with van der Waals surface area (Å²) >= 11 is 11.3. The van der Waals surface area contributed by atoms with Gasteiger partial charge in [0.25, 0.3) is 0 Å². The van der Waals surface area contributed by atoms with Gasteiger partial charge >= 0.3 is 0 Å². The first-order valence-electron chi connectivity index (χ1n) is 7.62. The number of H-pyrrole nitrogens is 1. The molecular weight excluding hydrogens is 340 g/mol. The molecule has 0 amide bonds. The second-order valence-electron chi connectivity index (χ2n) is 5.74. The van der Waals surface area contributed by atoms with Gasteiger partial charge in [-0.1, -0.05) is 61.8 Å². The molecule has 6 heteroatoms. The van der Waals surface area contributed by atoms with Crippen molar-refractivity contribution >= 4 is 30.0 Å². The smallest absolute Gasteiger partial charge is 0.216 e. The van der Waals surface area contributed by atoms with Crippen LogP contribution in [0.5, 0.6) is 0 Å². The summed E-state index contributed by atoms with van der Waals surface area (Å²) in [4.78, 5) is 0. The molecule has 0 unspecified atom stereocenters. The Morgan fingerprint density at radius 3 is 2.62 bits per heavy atom. The van der Waals surface area contributed by atoms with E-state index in [0.717, 1.165) is 11.1 Å². The number of aromatic amines is 1. The topological polar surface area (TPSA) is 46.0 Å². The molecule has 0 saturated carbocycles. The lowest BCUT2D eigenvalue weighted by Crippen LogP contribution is -1.95. The minimum Gasteiger partial charge on any atom is -0.250 e. The zero-order valence-corrected chi connectivity index (χ0v) is 15.0. The van der Waals surface area contributed by atoms with Crippen LogP contribution in [-0.4, -0.2) is 21.1 Å². The molecule has 2 aromatic carbocycles. The average Bonchev–Trinajstić information content (AvgIpc) is 2.94. The third-order valence-electron chi connectivity index (χ3n) is 3.66. The van der Waals surface area contributed by atoms with Crippen LogP contribution in [0.25, 0.3) is 11.4 Å². The molecule has 0 fully saturated rings. The Bertz CT molecular complexity index is 923. The number of benzene rings is 2. The van der Waals surface area contributed by atoms with Crippen molar-refractivity contribution in [2.45, 2.75) is 19.8 Å². The van der Waals surface area contributed by atoms with E-state index >= 15 is 0 Å². The van der Waals surface area contributed by atoms with Gasteiger partial charge in [-0.25, -0.2) is 5.10 Å². The summed E-state index contributed by atoms with van der Waals surface area (Å²) in [5.74, 6) is 1.13. The molecule has 0 saturated heterocycles. The van der Waals surface area contributed by atoms with Gasteiger partial charge in [0.2, 0.25) is 4.77 Å². The molecule has 0 atom stereocenters. The molecule has 0 aliphatic heterocycles. The van der Waals surface area contributed by atoms with Crippen LogP contribution in [0.4, 0.5) is 0 Å². The fourth-order valence-corrected chi connectivity index (χ4v) is 2.67. The molecule has 1 aromatic heterocycles. The molecule has 0 spiro atoms. The highest BCUT2D eigenvalue weighted by Gasteiger charge is 2.08. The predicted octanol–water partition coefficient (Wildman–Crippen LogP) is 5.27. The molecule has 0 aliphatic carbocycles. The number of halogens is 1. The summed E-state index contributed by atoms with van der Waals surface area (Å²) < 4.78 is 2.03. The van der Waals surface area contributed by atoms with Crippen LogP contribution < -0.4 is 0 Å².